The number of nitrogens with zero attached hydrogens (tertiary/aromatic N) is 4. The van der Waals surface area contributed by atoms with E-state index in [-0.39, 0.29) is 5.56 Å². The van der Waals surface area contributed by atoms with Gasteiger partial charge < -0.3 is 0 Å². The van der Waals surface area contributed by atoms with Crippen molar-refractivity contribution in [3.63, 3.8) is 0 Å². The predicted octanol–water partition coefficient (Wildman–Crippen LogP) is 11.2. The zero-order valence-electron chi connectivity index (χ0n) is 27.9. The van der Waals surface area contributed by atoms with Crippen LogP contribution in [0.4, 0.5) is 0 Å². The Labute approximate surface area is 297 Å². The fraction of sp³-hybridized carbons (Fsp3) is 0. The van der Waals surface area contributed by atoms with E-state index in [1.807, 2.05) is 71.3 Å². The van der Waals surface area contributed by atoms with Crippen LogP contribution in [0.25, 0.3) is 98.8 Å². The second-order valence-electron chi connectivity index (χ2n) is 13.3. The Morgan fingerprint density at radius 1 is 0.423 bits per heavy atom. The molecule has 0 atom stereocenters. The molecular weight excluding hydrogens is 637 g/mol. The third-order valence-corrected chi connectivity index (χ3v) is 10.5. The molecule has 11 rings (SSSR count). The van der Waals surface area contributed by atoms with Crippen molar-refractivity contribution in [3.05, 3.63) is 180 Å². The minimum absolute atomic E-state index is 0.0892. The Hall–Kier alpha value is -7.11. The highest BCUT2D eigenvalue weighted by molar-refractivity contribution is 6.23. The van der Waals surface area contributed by atoms with E-state index in [4.69, 9.17) is 9.97 Å². The summed E-state index contributed by atoms with van der Waals surface area (Å²) in [5, 5.41) is 9.97. The average molecular weight is 665 g/mol. The first-order chi connectivity index (χ1) is 25.7. The van der Waals surface area contributed by atoms with Crippen molar-refractivity contribution < 1.29 is 0 Å². The van der Waals surface area contributed by atoms with Crippen molar-refractivity contribution in [2.45, 2.75) is 0 Å². The van der Waals surface area contributed by atoms with Gasteiger partial charge in [-0.05, 0) is 63.3 Å². The van der Waals surface area contributed by atoms with Gasteiger partial charge in [-0.15, -0.1) is 0 Å². The molecule has 0 bridgehead atoms. The molecule has 5 nitrogen and oxygen atoms in total. The molecule has 3 heterocycles. The van der Waals surface area contributed by atoms with Crippen LogP contribution < -0.4 is 5.56 Å². The molecule has 0 aliphatic carbocycles. The van der Waals surface area contributed by atoms with Gasteiger partial charge in [-0.3, -0.25) is 13.9 Å². The van der Waals surface area contributed by atoms with Crippen LogP contribution >= 0.6 is 0 Å². The zero-order valence-corrected chi connectivity index (χ0v) is 27.9. The molecule has 0 aliphatic heterocycles. The van der Waals surface area contributed by atoms with Crippen molar-refractivity contribution in [3.8, 4) is 22.9 Å². The number of para-hydroxylation sites is 2. The number of hydrogen-bond donors (Lipinski definition) is 0. The third kappa shape index (κ3) is 4.08. The molecule has 11 aromatic rings. The fourth-order valence-electron chi connectivity index (χ4n) is 8.19. The Bertz CT molecular complexity index is 3310. The lowest BCUT2D eigenvalue weighted by Gasteiger charge is -2.17. The molecule has 8 aromatic carbocycles. The SMILES string of the molecule is O=c1c2c(ccc3c4ccccc4n(-c4nc(-c5ccccc5)c5c(ccc6ccccc65)n4)c32)c2cc3ccccc3cc2n1-c1ccccc1. The summed E-state index contributed by atoms with van der Waals surface area (Å²) in [6.45, 7) is 0. The summed E-state index contributed by atoms with van der Waals surface area (Å²) in [6.07, 6.45) is 0. The van der Waals surface area contributed by atoms with Crippen LogP contribution in [0.5, 0.6) is 0 Å². The topological polar surface area (TPSA) is 52.7 Å². The smallest absolute Gasteiger partial charge is 0.265 e. The highest BCUT2D eigenvalue weighted by Gasteiger charge is 2.23. The molecule has 0 unspecified atom stereocenters. The molecule has 0 saturated heterocycles. The van der Waals surface area contributed by atoms with Gasteiger partial charge in [0.2, 0.25) is 5.95 Å². The van der Waals surface area contributed by atoms with Crippen molar-refractivity contribution in [2.75, 3.05) is 0 Å². The zero-order chi connectivity index (χ0) is 34.3. The number of aromatic nitrogens is 4. The van der Waals surface area contributed by atoms with E-state index in [0.717, 1.165) is 87.5 Å². The maximum atomic E-state index is 15.3. The van der Waals surface area contributed by atoms with Crippen molar-refractivity contribution in [1.82, 2.24) is 19.1 Å². The van der Waals surface area contributed by atoms with Crippen LogP contribution in [0.1, 0.15) is 0 Å². The summed E-state index contributed by atoms with van der Waals surface area (Å²) < 4.78 is 3.98. The Morgan fingerprint density at radius 3 is 1.88 bits per heavy atom. The van der Waals surface area contributed by atoms with Gasteiger partial charge in [-0.25, -0.2) is 9.97 Å². The van der Waals surface area contributed by atoms with E-state index < -0.39 is 0 Å². The van der Waals surface area contributed by atoms with E-state index >= 15 is 4.79 Å². The fourth-order valence-corrected chi connectivity index (χ4v) is 8.19. The molecule has 0 N–H and O–H groups in total. The van der Waals surface area contributed by atoms with Gasteiger partial charge in [0.1, 0.15) is 0 Å². The maximum Gasteiger partial charge on any atom is 0.265 e. The van der Waals surface area contributed by atoms with E-state index in [1.54, 1.807) is 0 Å². The second-order valence-corrected chi connectivity index (χ2v) is 13.3. The maximum absolute atomic E-state index is 15.3. The van der Waals surface area contributed by atoms with Crippen LogP contribution in [0.3, 0.4) is 0 Å². The Balaban J connectivity index is 1.35. The number of benzene rings is 8. The number of pyridine rings is 1. The minimum atomic E-state index is -0.0892. The first-order valence-electron chi connectivity index (χ1n) is 17.5. The summed E-state index contributed by atoms with van der Waals surface area (Å²) in [5.74, 6) is 0.518. The Kier molecular flexibility index (Phi) is 6.04. The first-order valence-corrected chi connectivity index (χ1v) is 17.5. The standard InChI is InChI=1S/C47H28N4O/c52-46-43-36(38-27-31-16-7-8-17-32(31)28-41(38)50(46)33-18-5-2-6-19-33)24-25-37-35-21-11-12-22-40(35)51(45(37)43)47-48-39-26-23-29-13-9-10-20-34(29)42(39)44(49-47)30-14-3-1-4-15-30/h1-28H. The van der Waals surface area contributed by atoms with Crippen molar-refractivity contribution in [1.29, 1.82) is 0 Å². The minimum Gasteiger partial charge on any atom is -0.277 e. The first kappa shape index (κ1) is 28.7. The van der Waals surface area contributed by atoms with Gasteiger partial charge in [0.25, 0.3) is 5.56 Å². The van der Waals surface area contributed by atoms with E-state index in [0.29, 0.717) is 11.3 Å². The molecule has 0 saturated carbocycles. The molecule has 5 heteroatoms. The summed E-state index contributed by atoms with van der Waals surface area (Å²) in [5.41, 5.74) is 6.01. The second kappa shape index (κ2) is 10.9. The van der Waals surface area contributed by atoms with E-state index in [9.17, 15) is 0 Å². The third-order valence-electron chi connectivity index (χ3n) is 10.5. The molecule has 0 fully saturated rings. The number of fused-ring (bicyclic) bond motifs is 11. The van der Waals surface area contributed by atoms with Crippen molar-refractivity contribution >= 4 is 75.9 Å². The van der Waals surface area contributed by atoms with Crippen LogP contribution in [0.2, 0.25) is 0 Å². The van der Waals surface area contributed by atoms with Gasteiger partial charge in [0.15, 0.2) is 0 Å². The van der Waals surface area contributed by atoms with Gasteiger partial charge in [0, 0.05) is 32.8 Å². The quantitative estimate of drug-likeness (QED) is 0.140. The lowest BCUT2D eigenvalue weighted by molar-refractivity contribution is 1.01. The lowest BCUT2D eigenvalue weighted by atomic mass is 9.99. The largest absolute Gasteiger partial charge is 0.277 e. The van der Waals surface area contributed by atoms with Crippen LogP contribution in [-0.2, 0) is 0 Å². The normalized spacial score (nSPS) is 11.9. The van der Waals surface area contributed by atoms with E-state index in [2.05, 4.69) is 108 Å². The molecule has 0 radical (unpaired) electrons. The summed E-state index contributed by atoms with van der Waals surface area (Å²) >= 11 is 0. The number of hydrogen-bond acceptors (Lipinski definition) is 3. The highest BCUT2D eigenvalue weighted by Crippen LogP contribution is 2.40. The van der Waals surface area contributed by atoms with Gasteiger partial charge >= 0.3 is 0 Å². The van der Waals surface area contributed by atoms with E-state index in [1.165, 1.54) is 0 Å². The molecule has 0 spiro atoms. The van der Waals surface area contributed by atoms with Crippen molar-refractivity contribution in [2.24, 2.45) is 0 Å². The summed E-state index contributed by atoms with van der Waals surface area (Å²) in [6, 6.07) is 58.1. The summed E-state index contributed by atoms with van der Waals surface area (Å²) in [7, 11) is 0. The highest BCUT2D eigenvalue weighted by atomic mass is 16.1. The Morgan fingerprint density at radius 2 is 1.08 bits per heavy atom. The van der Waals surface area contributed by atoms with Crippen LogP contribution in [-0.4, -0.2) is 19.1 Å². The lowest BCUT2D eigenvalue weighted by Crippen LogP contribution is -2.20. The van der Waals surface area contributed by atoms with Gasteiger partial charge in [0.05, 0.1) is 33.1 Å². The average Bonchev–Trinajstić information content (AvgIpc) is 3.55. The molecule has 52 heavy (non-hydrogen) atoms. The van der Waals surface area contributed by atoms with Gasteiger partial charge in [-0.1, -0.05) is 133 Å². The molecule has 242 valence electrons. The van der Waals surface area contributed by atoms with Crippen LogP contribution in [0.15, 0.2) is 175 Å². The molecule has 3 aromatic heterocycles. The predicted molar refractivity (Wildman–Crippen MR) is 215 cm³/mol. The molecule has 0 aliphatic rings. The number of rotatable bonds is 3. The molecular formula is C47H28N4O. The van der Waals surface area contributed by atoms with Gasteiger partial charge in [-0.2, -0.15) is 0 Å². The molecule has 0 amide bonds. The summed E-state index contributed by atoms with van der Waals surface area (Å²) in [4.78, 5) is 26.1. The monoisotopic (exact) mass is 664 g/mol. The van der Waals surface area contributed by atoms with Crippen LogP contribution in [0, 0.1) is 0 Å².